The lowest BCUT2D eigenvalue weighted by Gasteiger charge is -2.49. The molecule has 2 N–H and O–H groups in total. The number of hydrogen-bond donors (Lipinski definition) is 2. The van der Waals surface area contributed by atoms with Crippen molar-refractivity contribution in [2.45, 2.75) is 19.3 Å². The minimum absolute atomic E-state index is 0.435. The van der Waals surface area contributed by atoms with Gasteiger partial charge < -0.3 is 10.4 Å². The molecule has 74 valence electrons. The van der Waals surface area contributed by atoms with Gasteiger partial charge in [-0.25, -0.2) is 0 Å². The molecule has 13 heavy (non-hydrogen) atoms. The summed E-state index contributed by atoms with van der Waals surface area (Å²) in [5.74, 6) is 4.28. The predicted molar refractivity (Wildman–Crippen MR) is 51.3 cm³/mol. The fourth-order valence-corrected chi connectivity index (χ4v) is 4.19. The van der Waals surface area contributed by atoms with Crippen LogP contribution in [0.2, 0.25) is 0 Å². The van der Waals surface area contributed by atoms with Crippen LogP contribution in [0.25, 0.3) is 0 Å². The van der Waals surface area contributed by atoms with Crippen LogP contribution in [0.3, 0.4) is 0 Å². The van der Waals surface area contributed by atoms with E-state index in [1.54, 1.807) is 0 Å². The van der Waals surface area contributed by atoms with E-state index >= 15 is 0 Å². The standard InChI is InChI=1S/C11H19NO/c13-6-8-3-7-1-2-9(8)11-5-12-4-10(7)11/h7-13H,1-6H2/t7-,8+,9-,10+,11-/m1/s1. The Bertz CT molecular complexity index is 206. The van der Waals surface area contributed by atoms with Crippen molar-refractivity contribution in [3.05, 3.63) is 0 Å². The summed E-state index contributed by atoms with van der Waals surface area (Å²) in [5, 5.41) is 12.8. The van der Waals surface area contributed by atoms with Crippen molar-refractivity contribution >= 4 is 0 Å². The number of rotatable bonds is 1. The van der Waals surface area contributed by atoms with Crippen molar-refractivity contribution < 1.29 is 5.11 Å². The predicted octanol–water partition coefficient (Wildman–Crippen LogP) is 0.860. The first kappa shape index (κ1) is 8.25. The number of fused-ring (bicyclic) bond motifs is 2. The third-order valence-corrected chi connectivity index (χ3v) is 4.78. The zero-order valence-electron chi connectivity index (χ0n) is 8.08. The van der Waals surface area contributed by atoms with E-state index in [1.165, 1.54) is 32.4 Å². The first-order chi connectivity index (χ1) is 6.40. The summed E-state index contributed by atoms with van der Waals surface area (Å²) in [4.78, 5) is 0. The number of nitrogens with one attached hydrogen (secondary N) is 1. The molecule has 1 heterocycles. The monoisotopic (exact) mass is 181 g/mol. The van der Waals surface area contributed by atoms with E-state index in [1.807, 2.05) is 0 Å². The summed E-state index contributed by atoms with van der Waals surface area (Å²) in [6.45, 7) is 2.91. The van der Waals surface area contributed by atoms with Gasteiger partial charge >= 0.3 is 0 Å². The molecule has 2 nitrogen and oxygen atoms in total. The SMILES string of the molecule is OC[C@@H]1C[C@H]2CC[C@H]1[C@H]1CNC[C@@H]21. The Hall–Kier alpha value is -0.0800. The molecule has 0 aromatic rings. The Balaban J connectivity index is 1.85. The van der Waals surface area contributed by atoms with Crippen LogP contribution in [-0.2, 0) is 0 Å². The van der Waals surface area contributed by atoms with Gasteiger partial charge in [-0.05, 0) is 61.9 Å². The van der Waals surface area contributed by atoms with Gasteiger partial charge in [-0.3, -0.25) is 0 Å². The van der Waals surface area contributed by atoms with Gasteiger partial charge in [-0.1, -0.05) is 0 Å². The molecular weight excluding hydrogens is 162 g/mol. The molecule has 0 spiro atoms. The molecule has 0 amide bonds. The van der Waals surface area contributed by atoms with Crippen LogP contribution in [0, 0.1) is 29.6 Å². The Morgan fingerprint density at radius 2 is 1.92 bits per heavy atom. The fraction of sp³-hybridized carbons (Fsp3) is 1.00. The van der Waals surface area contributed by atoms with Gasteiger partial charge in [0.1, 0.15) is 0 Å². The highest BCUT2D eigenvalue weighted by Gasteiger charge is 2.49. The quantitative estimate of drug-likeness (QED) is 0.629. The van der Waals surface area contributed by atoms with Gasteiger partial charge in [0.2, 0.25) is 0 Å². The second-order valence-electron chi connectivity index (χ2n) is 5.17. The van der Waals surface area contributed by atoms with Crippen molar-refractivity contribution in [1.82, 2.24) is 5.32 Å². The van der Waals surface area contributed by atoms with E-state index in [9.17, 15) is 5.11 Å². The highest BCUT2D eigenvalue weighted by Crippen LogP contribution is 2.52. The lowest BCUT2D eigenvalue weighted by molar-refractivity contribution is -0.0205. The Morgan fingerprint density at radius 3 is 2.77 bits per heavy atom. The molecule has 1 saturated heterocycles. The normalized spacial score (nSPS) is 53.8. The smallest absolute Gasteiger partial charge is 0.0462 e. The van der Waals surface area contributed by atoms with Crippen LogP contribution in [0.15, 0.2) is 0 Å². The fourth-order valence-electron chi connectivity index (χ4n) is 4.19. The molecule has 4 fully saturated rings. The highest BCUT2D eigenvalue weighted by atomic mass is 16.3. The van der Waals surface area contributed by atoms with Crippen LogP contribution in [0.4, 0.5) is 0 Å². The van der Waals surface area contributed by atoms with Crippen molar-refractivity contribution in [3.8, 4) is 0 Å². The van der Waals surface area contributed by atoms with Gasteiger partial charge in [0, 0.05) is 6.61 Å². The maximum Gasteiger partial charge on any atom is 0.0462 e. The summed E-state index contributed by atoms with van der Waals surface area (Å²) in [6.07, 6.45) is 4.13. The second kappa shape index (κ2) is 2.96. The molecule has 4 aliphatic rings. The van der Waals surface area contributed by atoms with Crippen molar-refractivity contribution in [2.75, 3.05) is 19.7 Å². The summed E-state index contributed by atoms with van der Waals surface area (Å²) < 4.78 is 0. The first-order valence-corrected chi connectivity index (χ1v) is 5.71. The summed E-state index contributed by atoms with van der Waals surface area (Å²) in [7, 11) is 0. The molecule has 0 radical (unpaired) electrons. The van der Waals surface area contributed by atoms with Crippen molar-refractivity contribution in [3.63, 3.8) is 0 Å². The topological polar surface area (TPSA) is 32.3 Å². The van der Waals surface area contributed by atoms with Crippen LogP contribution < -0.4 is 5.32 Å². The van der Waals surface area contributed by atoms with Crippen LogP contribution in [0.1, 0.15) is 19.3 Å². The molecule has 0 aromatic heterocycles. The lowest BCUT2D eigenvalue weighted by Crippen LogP contribution is -2.45. The number of aliphatic hydroxyl groups is 1. The third kappa shape index (κ3) is 1.08. The average molecular weight is 181 g/mol. The van der Waals surface area contributed by atoms with E-state index in [0.717, 1.165) is 23.7 Å². The van der Waals surface area contributed by atoms with Gasteiger partial charge in [0.15, 0.2) is 0 Å². The summed E-state index contributed by atoms with van der Waals surface area (Å²) >= 11 is 0. The van der Waals surface area contributed by atoms with Crippen LogP contribution in [0.5, 0.6) is 0 Å². The molecule has 3 aliphatic carbocycles. The maximum atomic E-state index is 9.31. The molecule has 5 atom stereocenters. The molecule has 4 rings (SSSR count). The third-order valence-electron chi connectivity index (χ3n) is 4.78. The van der Waals surface area contributed by atoms with E-state index in [2.05, 4.69) is 5.32 Å². The average Bonchev–Trinajstić information content (AvgIpc) is 2.68. The van der Waals surface area contributed by atoms with Gasteiger partial charge in [-0.2, -0.15) is 0 Å². The molecule has 0 aromatic carbocycles. The Morgan fingerprint density at radius 1 is 1.08 bits per heavy atom. The minimum atomic E-state index is 0.435. The summed E-state index contributed by atoms with van der Waals surface area (Å²) in [6, 6.07) is 0. The second-order valence-corrected chi connectivity index (χ2v) is 5.17. The Kier molecular flexibility index (Phi) is 1.88. The minimum Gasteiger partial charge on any atom is -0.396 e. The van der Waals surface area contributed by atoms with Gasteiger partial charge in [-0.15, -0.1) is 0 Å². The van der Waals surface area contributed by atoms with Gasteiger partial charge in [0.25, 0.3) is 0 Å². The van der Waals surface area contributed by atoms with Crippen molar-refractivity contribution in [2.24, 2.45) is 29.6 Å². The van der Waals surface area contributed by atoms with E-state index in [-0.39, 0.29) is 0 Å². The lowest BCUT2D eigenvalue weighted by atomic mass is 9.56. The molecule has 2 bridgehead atoms. The Labute approximate surface area is 79.7 Å². The molecular formula is C11H19NO. The van der Waals surface area contributed by atoms with E-state index in [0.29, 0.717) is 12.5 Å². The molecule has 1 aliphatic heterocycles. The molecule has 2 heteroatoms. The first-order valence-electron chi connectivity index (χ1n) is 5.71. The van der Waals surface area contributed by atoms with Crippen LogP contribution in [-0.4, -0.2) is 24.8 Å². The number of aliphatic hydroxyl groups excluding tert-OH is 1. The molecule has 0 unspecified atom stereocenters. The zero-order valence-corrected chi connectivity index (χ0v) is 8.08. The van der Waals surface area contributed by atoms with Crippen molar-refractivity contribution in [1.29, 1.82) is 0 Å². The zero-order chi connectivity index (χ0) is 8.84. The van der Waals surface area contributed by atoms with E-state index in [4.69, 9.17) is 0 Å². The van der Waals surface area contributed by atoms with E-state index < -0.39 is 0 Å². The van der Waals surface area contributed by atoms with Gasteiger partial charge in [0.05, 0.1) is 0 Å². The molecule has 3 saturated carbocycles. The maximum absolute atomic E-state index is 9.31. The van der Waals surface area contributed by atoms with Crippen LogP contribution >= 0.6 is 0 Å². The summed E-state index contributed by atoms with van der Waals surface area (Å²) in [5.41, 5.74) is 0. The largest absolute Gasteiger partial charge is 0.396 e. The highest BCUT2D eigenvalue weighted by molar-refractivity contribution is 5.00. The number of hydrogen-bond acceptors (Lipinski definition) is 2.